The van der Waals surface area contributed by atoms with Gasteiger partial charge in [0.25, 0.3) is 0 Å². The molecule has 0 spiro atoms. The molecule has 1 aromatic rings. The molecule has 1 saturated heterocycles. The van der Waals surface area contributed by atoms with Gasteiger partial charge in [0, 0.05) is 4.47 Å². The fraction of sp³-hybridized carbons (Fsp3) is 0.538. The molecule has 1 aliphatic rings. The van der Waals surface area contributed by atoms with Crippen LogP contribution in [0.15, 0.2) is 22.7 Å². The molecule has 0 aliphatic carbocycles. The van der Waals surface area contributed by atoms with Crippen molar-refractivity contribution < 1.29 is 9.13 Å². The summed E-state index contributed by atoms with van der Waals surface area (Å²) in [6.07, 6.45) is 3.47. The maximum Gasteiger partial charge on any atom is 0.166 e. The molecule has 1 fully saturated rings. The summed E-state index contributed by atoms with van der Waals surface area (Å²) in [6.45, 7) is 2.77. The van der Waals surface area contributed by atoms with Crippen LogP contribution in [0.4, 0.5) is 4.39 Å². The van der Waals surface area contributed by atoms with E-state index in [2.05, 4.69) is 21.2 Å². The van der Waals surface area contributed by atoms with Crippen molar-refractivity contribution in [1.29, 1.82) is 0 Å². The lowest BCUT2D eigenvalue weighted by molar-refractivity contribution is 0.246. The van der Waals surface area contributed by atoms with Crippen LogP contribution in [0.5, 0.6) is 5.75 Å². The summed E-state index contributed by atoms with van der Waals surface area (Å²) in [7, 11) is 0. The van der Waals surface area contributed by atoms with E-state index in [1.165, 1.54) is 18.9 Å². The summed E-state index contributed by atoms with van der Waals surface area (Å²) in [6, 6.07) is 4.89. The number of ether oxygens (including phenoxy) is 1. The maximum atomic E-state index is 13.4. The van der Waals surface area contributed by atoms with Gasteiger partial charge >= 0.3 is 0 Å². The van der Waals surface area contributed by atoms with Gasteiger partial charge in [-0.2, -0.15) is 0 Å². The summed E-state index contributed by atoms with van der Waals surface area (Å²) in [5.41, 5.74) is 0. The van der Waals surface area contributed by atoms with E-state index in [0.29, 0.717) is 18.3 Å². The molecule has 0 aromatic heterocycles. The standard InChI is InChI=1S/C13H17BrFNO/c14-11-3-4-13(12(15)8-11)17-7-5-10-2-1-6-16-9-10/h3-4,8,10,16H,1-2,5-7,9H2/t10-/m1/s1. The minimum Gasteiger partial charge on any atom is -0.491 e. The lowest BCUT2D eigenvalue weighted by atomic mass is 9.97. The predicted molar refractivity (Wildman–Crippen MR) is 69.8 cm³/mol. The summed E-state index contributed by atoms with van der Waals surface area (Å²) in [5.74, 6) is 0.709. The molecule has 2 rings (SSSR count). The van der Waals surface area contributed by atoms with Gasteiger partial charge in [0.1, 0.15) is 0 Å². The fourth-order valence-electron chi connectivity index (χ4n) is 2.10. The van der Waals surface area contributed by atoms with Gasteiger partial charge in [-0.1, -0.05) is 15.9 Å². The highest BCUT2D eigenvalue weighted by molar-refractivity contribution is 9.10. The number of rotatable bonds is 4. The second kappa shape index (κ2) is 6.36. The smallest absolute Gasteiger partial charge is 0.166 e. The summed E-state index contributed by atoms with van der Waals surface area (Å²) >= 11 is 3.22. The molecule has 0 unspecified atom stereocenters. The third-order valence-electron chi connectivity index (χ3n) is 3.08. The van der Waals surface area contributed by atoms with Crippen LogP contribution in [0.25, 0.3) is 0 Å². The van der Waals surface area contributed by atoms with E-state index < -0.39 is 0 Å². The number of nitrogens with one attached hydrogen (secondary N) is 1. The molecule has 1 aliphatic heterocycles. The average Bonchev–Trinajstić information content (AvgIpc) is 2.33. The van der Waals surface area contributed by atoms with Gasteiger partial charge in [-0.05, 0) is 56.5 Å². The topological polar surface area (TPSA) is 21.3 Å². The van der Waals surface area contributed by atoms with Crippen LogP contribution in [0, 0.1) is 11.7 Å². The van der Waals surface area contributed by atoms with Crippen molar-refractivity contribution in [3.63, 3.8) is 0 Å². The van der Waals surface area contributed by atoms with Crippen LogP contribution >= 0.6 is 15.9 Å². The Bertz CT molecular complexity index is 366. The SMILES string of the molecule is Fc1cc(Br)ccc1OCC[C@H]1CCCNC1. The first-order valence-electron chi connectivity index (χ1n) is 6.04. The zero-order valence-corrected chi connectivity index (χ0v) is 11.3. The summed E-state index contributed by atoms with van der Waals surface area (Å²) < 4.78 is 19.7. The summed E-state index contributed by atoms with van der Waals surface area (Å²) in [4.78, 5) is 0. The number of hydrogen-bond donors (Lipinski definition) is 1. The van der Waals surface area contributed by atoms with E-state index in [9.17, 15) is 4.39 Å². The molecule has 2 nitrogen and oxygen atoms in total. The first-order chi connectivity index (χ1) is 8.25. The maximum absolute atomic E-state index is 13.4. The highest BCUT2D eigenvalue weighted by Crippen LogP contribution is 2.22. The Morgan fingerprint density at radius 3 is 3.06 bits per heavy atom. The molecule has 0 saturated carbocycles. The van der Waals surface area contributed by atoms with E-state index >= 15 is 0 Å². The van der Waals surface area contributed by atoms with Crippen molar-refractivity contribution in [3.05, 3.63) is 28.5 Å². The van der Waals surface area contributed by atoms with Crippen molar-refractivity contribution >= 4 is 15.9 Å². The van der Waals surface area contributed by atoms with Crippen molar-refractivity contribution in [1.82, 2.24) is 5.32 Å². The normalized spacial score (nSPS) is 20.2. The fourth-order valence-corrected chi connectivity index (χ4v) is 2.43. The van der Waals surface area contributed by atoms with Gasteiger partial charge in [-0.25, -0.2) is 4.39 Å². The Morgan fingerprint density at radius 2 is 2.35 bits per heavy atom. The lowest BCUT2D eigenvalue weighted by Crippen LogP contribution is -2.30. The summed E-state index contributed by atoms with van der Waals surface area (Å²) in [5, 5.41) is 3.37. The average molecular weight is 302 g/mol. The monoisotopic (exact) mass is 301 g/mol. The first-order valence-corrected chi connectivity index (χ1v) is 6.83. The van der Waals surface area contributed by atoms with Crippen molar-refractivity contribution in [2.45, 2.75) is 19.3 Å². The van der Waals surface area contributed by atoms with Gasteiger partial charge in [0.05, 0.1) is 6.61 Å². The Hall–Kier alpha value is -0.610. The van der Waals surface area contributed by atoms with E-state index in [1.54, 1.807) is 12.1 Å². The molecule has 0 radical (unpaired) electrons. The van der Waals surface area contributed by atoms with Crippen LogP contribution in [-0.2, 0) is 0 Å². The number of hydrogen-bond acceptors (Lipinski definition) is 2. The van der Waals surface area contributed by atoms with E-state index in [0.717, 1.165) is 24.0 Å². The highest BCUT2D eigenvalue weighted by atomic mass is 79.9. The molecule has 17 heavy (non-hydrogen) atoms. The van der Waals surface area contributed by atoms with Crippen LogP contribution in [0.3, 0.4) is 0 Å². The Morgan fingerprint density at radius 1 is 1.47 bits per heavy atom. The largest absolute Gasteiger partial charge is 0.491 e. The molecular weight excluding hydrogens is 285 g/mol. The molecule has 0 amide bonds. The second-order valence-electron chi connectivity index (χ2n) is 4.42. The predicted octanol–water partition coefficient (Wildman–Crippen LogP) is 3.36. The number of piperidine rings is 1. The Balaban J connectivity index is 1.77. The molecule has 1 N–H and O–H groups in total. The Labute approximate surface area is 110 Å². The second-order valence-corrected chi connectivity index (χ2v) is 5.34. The molecule has 1 heterocycles. The van der Waals surface area contributed by atoms with Crippen molar-refractivity contribution in [2.24, 2.45) is 5.92 Å². The van der Waals surface area contributed by atoms with Crippen LogP contribution in [0.2, 0.25) is 0 Å². The van der Waals surface area contributed by atoms with E-state index in [4.69, 9.17) is 4.74 Å². The van der Waals surface area contributed by atoms with Crippen molar-refractivity contribution in [2.75, 3.05) is 19.7 Å². The van der Waals surface area contributed by atoms with Gasteiger partial charge in [-0.3, -0.25) is 0 Å². The third-order valence-corrected chi connectivity index (χ3v) is 3.57. The molecule has 1 aromatic carbocycles. The van der Waals surface area contributed by atoms with Crippen LogP contribution in [-0.4, -0.2) is 19.7 Å². The molecular formula is C13H17BrFNO. The van der Waals surface area contributed by atoms with Gasteiger partial charge in [0.15, 0.2) is 11.6 Å². The molecule has 1 atom stereocenters. The quantitative estimate of drug-likeness (QED) is 0.921. The van der Waals surface area contributed by atoms with Gasteiger partial charge in [0.2, 0.25) is 0 Å². The third kappa shape index (κ3) is 3.96. The van der Waals surface area contributed by atoms with Crippen LogP contribution in [0.1, 0.15) is 19.3 Å². The zero-order chi connectivity index (χ0) is 12.1. The molecule has 4 heteroatoms. The first kappa shape index (κ1) is 12.8. The lowest BCUT2D eigenvalue weighted by Gasteiger charge is -2.22. The van der Waals surface area contributed by atoms with Crippen LogP contribution < -0.4 is 10.1 Å². The van der Waals surface area contributed by atoms with Crippen molar-refractivity contribution in [3.8, 4) is 5.75 Å². The highest BCUT2D eigenvalue weighted by Gasteiger charge is 2.13. The minimum atomic E-state index is -0.304. The number of halogens is 2. The van der Waals surface area contributed by atoms with E-state index in [-0.39, 0.29) is 5.82 Å². The minimum absolute atomic E-state index is 0.304. The molecule has 94 valence electrons. The van der Waals surface area contributed by atoms with Gasteiger partial charge < -0.3 is 10.1 Å². The Kier molecular flexibility index (Phi) is 4.80. The van der Waals surface area contributed by atoms with E-state index in [1.807, 2.05) is 0 Å². The molecule has 0 bridgehead atoms. The zero-order valence-electron chi connectivity index (χ0n) is 9.72. The number of benzene rings is 1. The van der Waals surface area contributed by atoms with Gasteiger partial charge in [-0.15, -0.1) is 0 Å².